The minimum Gasteiger partial charge on any atom is -0.497 e. The number of anilines is 1. The van der Waals surface area contributed by atoms with Crippen molar-refractivity contribution >= 4 is 40.3 Å². The van der Waals surface area contributed by atoms with Crippen LogP contribution in [0.15, 0.2) is 24.3 Å². The highest BCUT2D eigenvalue weighted by molar-refractivity contribution is 7.80. The summed E-state index contributed by atoms with van der Waals surface area (Å²) in [6.45, 7) is 0. The van der Waals surface area contributed by atoms with Crippen molar-refractivity contribution in [1.29, 1.82) is 0 Å². The lowest BCUT2D eigenvalue weighted by molar-refractivity contribution is 0.389. The molecule has 23 heavy (non-hydrogen) atoms. The molecule has 1 aromatic rings. The highest BCUT2D eigenvalue weighted by Gasteiger charge is 2.39. The Bertz CT molecular complexity index is 595. The smallest absolute Gasteiger partial charge is 0.189 e. The fourth-order valence-corrected chi connectivity index (χ4v) is 3.97. The van der Waals surface area contributed by atoms with Crippen LogP contribution in [0.3, 0.4) is 0 Å². The molecule has 0 heterocycles. The highest BCUT2D eigenvalue weighted by atomic mass is 32.1. The molecule has 2 saturated carbocycles. The monoisotopic (exact) mass is 350 g/mol. The third-order valence-corrected chi connectivity index (χ3v) is 5.10. The SMILES string of the molecule is COc1cccc(NC(=S)NNC(=S)N[C@H]2C[C@H]3CC[C@H]2C3)c1. The second-order valence-electron chi connectivity index (χ2n) is 6.19. The average molecular weight is 351 g/mol. The number of hydrogen-bond donors (Lipinski definition) is 4. The number of ether oxygens (including phenoxy) is 1. The zero-order valence-corrected chi connectivity index (χ0v) is 14.7. The first-order valence-corrected chi connectivity index (χ1v) is 8.73. The molecule has 0 saturated heterocycles. The molecule has 5 nitrogen and oxygen atoms in total. The van der Waals surface area contributed by atoms with E-state index < -0.39 is 0 Å². The molecule has 4 N–H and O–H groups in total. The van der Waals surface area contributed by atoms with Gasteiger partial charge >= 0.3 is 0 Å². The molecule has 0 unspecified atom stereocenters. The van der Waals surface area contributed by atoms with Crippen LogP contribution in [0.4, 0.5) is 5.69 Å². The quantitative estimate of drug-likeness (QED) is 0.494. The molecule has 124 valence electrons. The third kappa shape index (κ3) is 4.23. The van der Waals surface area contributed by atoms with Gasteiger partial charge in [0.05, 0.1) is 7.11 Å². The van der Waals surface area contributed by atoms with Gasteiger partial charge in [-0.2, -0.15) is 0 Å². The Balaban J connectivity index is 1.40. The Morgan fingerprint density at radius 1 is 1.13 bits per heavy atom. The molecule has 2 fully saturated rings. The molecule has 3 rings (SSSR count). The molecule has 2 bridgehead atoms. The van der Waals surface area contributed by atoms with E-state index in [1.807, 2.05) is 24.3 Å². The second kappa shape index (κ2) is 7.31. The van der Waals surface area contributed by atoms with Crippen molar-refractivity contribution < 1.29 is 4.74 Å². The minimum absolute atomic E-state index is 0.454. The van der Waals surface area contributed by atoms with Crippen molar-refractivity contribution in [3.05, 3.63) is 24.3 Å². The molecule has 1 aromatic carbocycles. The topological polar surface area (TPSA) is 57.4 Å². The lowest BCUT2D eigenvalue weighted by Gasteiger charge is -2.24. The van der Waals surface area contributed by atoms with Gasteiger partial charge in [0.2, 0.25) is 0 Å². The highest BCUT2D eigenvalue weighted by Crippen LogP contribution is 2.44. The maximum absolute atomic E-state index is 5.34. The number of benzene rings is 1. The Morgan fingerprint density at radius 3 is 2.65 bits per heavy atom. The van der Waals surface area contributed by atoms with Gasteiger partial charge in [0.1, 0.15) is 5.75 Å². The van der Waals surface area contributed by atoms with Crippen LogP contribution in [0.2, 0.25) is 0 Å². The fraction of sp³-hybridized carbons (Fsp3) is 0.500. The van der Waals surface area contributed by atoms with E-state index in [2.05, 4.69) is 21.5 Å². The number of fused-ring (bicyclic) bond motifs is 2. The fourth-order valence-electron chi connectivity index (χ4n) is 3.60. The number of hydrazine groups is 1. The molecule has 3 atom stereocenters. The Morgan fingerprint density at radius 2 is 1.96 bits per heavy atom. The van der Waals surface area contributed by atoms with Crippen LogP contribution >= 0.6 is 24.4 Å². The standard InChI is InChI=1S/C16H22N4OS2/c1-21-13-4-2-3-12(9-13)17-15(22)19-20-16(23)18-14-8-10-5-6-11(14)7-10/h2-4,9-11,14H,5-8H2,1H3,(H2,17,19,22)(H2,18,20,23)/t10-,11-,14-/m0/s1. The molecule has 0 aliphatic heterocycles. The third-order valence-electron chi connectivity index (χ3n) is 4.67. The van der Waals surface area contributed by atoms with Gasteiger partial charge in [0, 0.05) is 17.8 Å². The van der Waals surface area contributed by atoms with Crippen molar-refractivity contribution in [2.24, 2.45) is 11.8 Å². The van der Waals surface area contributed by atoms with Crippen LogP contribution in [0.5, 0.6) is 5.75 Å². The summed E-state index contributed by atoms with van der Waals surface area (Å²) < 4.78 is 5.18. The van der Waals surface area contributed by atoms with E-state index in [9.17, 15) is 0 Å². The summed E-state index contributed by atoms with van der Waals surface area (Å²) in [5.41, 5.74) is 6.72. The molecular formula is C16H22N4OS2. The molecule has 7 heteroatoms. The van der Waals surface area contributed by atoms with Gasteiger partial charge in [-0.1, -0.05) is 12.5 Å². The number of thiocarbonyl (C=S) groups is 2. The van der Waals surface area contributed by atoms with Crippen LogP contribution < -0.4 is 26.2 Å². The maximum Gasteiger partial charge on any atom is 0.189 e. The Labute approximate surface area is 147 Å². The van der Waals surface area contributed by atoms with E-state index in [0.29, 0.717) is 16.3 Å². The van der Waals surface area contributed by atoms with Gasteiger partial charge in [-0.3, -0.25) is 10.9 Å². The molecule has 0 aromatic heterocycles. The minimum atomic E-state index is 0.454. The number of rotatable bonds is 3. The average Bonchev–Trinajstić information content (AvgIpc) is 3.16. The molecular weight excluding hydrogens is 328 g/mol. The number of hydrogen-bond acceptors (Lipinski definition) is 3. The van der Waals surface area contributed by atoms with Crippen molar-refractivity contribution in [2.45, 2.75) is 31.7 Å². The van der Waals surface area contributed by atoms with Crippen LogP contribution in [0, 0.1) is 11.8 Å². The lowest BCUT2D eigenvalue weighted by atomic mass is 9.96. The lowest BCUT2D eigenvalue weighted by Crippen LogP contribution is -2.51. The molecule has 0 radical (unpaired) electrons. The zero-order valence-electron chi connectivity index (χ0n) is 13.1. The van der Waals surface area contributed by atoms with Gasteiger partial charge in [0.25, 0.3) is 0 Å². The van der Waals surface area contributed by atoms with Crippen molar-refractivity contribution in [3.63, 3.8) is 0 Å². The van der Waals surface area contributed by atoms with Crippen LogP contribution in [0.25, 0.3) is 0 Å². The van der Waals surface area contributed by atoms with E-state index in [-0.39, 0.29) is 0 Å². The van der Waals surface area contributed by atoms with E-state index in [1.165, 1.54) is 25.7 Å². The second-order valence-corrected chi connectivity index (χ2v) is 7.01. The van der Waals surface area contributed by atoms with Gasteiger partial charge < -0.3 is 15.4 Å². The Hall–Kier alpha value is -1.60. The first-order chi connectivity index (χ1) is 11.1. The zero-order chi connectivity index (χ0) is 16.2. The van der Waals surface area contributed by atoms with Crippen LogP contribution in [-0.4, -0.2) is 23.4 Å². The molecule has 0 spiro atoms. The molecule has 2 aliphatic carbocycles. The summed E-state index contributed by atoms with van der Waals surface area (Å²) >= 11 is 10.6. The summed E-state index contributed by atoms with van der Waals surface area (Å²) in [5, 5.41) is 7.53. The van der Waals surface area contributed by atoms with Crippen molar-refractivity contribution in [3.8, 4) is 5.75 Å². The molecule has 2 aliphatic rings. The van der Waals surface area contributed by atoms with E-state index in [0.717, 1.165) is 23.3 Å². The summed E-state index contributed by atoms with van der Waals surface area (Å²) in [5.74, 6) is 2.45. The first kappa shape index (κ1) is 16.3. The predicted octanol–water partition coefficient (Wildman–Crippen LogP) is 2.55. The maximum atomic E-state index is 5.34. The van der Waals surface area contributed by atoms with E-state index >= 15 is 0 Å². The van der Waals surface area contributed by atoms with Crippen LogP contribution in [-0.2, 0) is 0 Å². The van der Waals surface area contributed by atoms with Gasteiger partial charge in [-0.25, -0.2) is 0 Å². The van der Waals surface area contributed by atoms with Gasteiger partial charge in [0.15, 0.2) is 10.2 Å². The van der Waals surface area contributed by atoms with Gasteiger partial charge in [-0.05, 0) is 67.7 Å². The van der Waals surface area contributed by atoms with Crippen molar-refractivity contribution in [2.75, 3.05) is 12.4 Å². The first-order valence-electron chi connectivity index (χ1n) is 7.91. The summed E-state index contributed by atoms with van der Waals surface area (Å²) in [4.78, 5) is 0. The summed E-state index contributed by atoms with van der Waals surface area (Å²) in [7, 11) is 1.64. The van der Waals surface area contributed by atoms with E-state index in [4.69, 9.17) is 29.2 Å². The predicted molar refractivity (Wildman–Crippen MR) is 100 cm³/mol. The normalized spacial score (nSPS) is 24.8. The largest absolute Gasteiger partial charge is 0.497 e. The summed E-state index contributed by atoms with van der Waals surface area (Å²) in [6, 6.07) is 8.09. The summed E-state index contributed by atoms with van der Waals surface area (Å²) in [6.07, 6.45) is 5.30. The Kier molecular flexibility index (Phi) is 5.17. The molecule has 0 amide bonds. The van der Waals surface area contributed by atoms with Crippen molar-refractivity contribution in [1.82, 2.24) is 16.2 Å². The van der Waals surface area contributed by atoms with Gasteiger partial charge in [-0.15, -0.1) is 0 Å². The van der Waals surface area contributed by atoms with Crippen LogP contribution in [0.1, 0.15) is 25.7 Å². The number of methoxy groups -OCH3 is 1. The number of nitrogens with one attached hydrogen (secondary N) is 4. The van der Waals surface area contributed by atoms with E-state index in [1.54, 1.807) is 7.11 Å².